The van der Waals surface area contributed by atoms with E-state index in [9.17, 15) is 4.79 Å². The Balaban J connectivity index is 2.49. The maximum atomic E-state index is 12.3. The first kappa shape index (κ1) is 10.9. The molecular weight excluding hydrogens is 218 g/mol. The molecule has 0 saturated heterocycles. The first-order valence-corrected chi connectivity index (χ1v) is 5.92. The highest BCUT2D eigenvalue weighted by molar-refractivity contribution is 7.12. The number of carbonyl (C=O) groups is 1. The summed E-state index contributed by atoms with van der Waals surface area (Å²) in [5.41, 5.74) is 9.03. The fourth-order valence-electron chi connectivity index (χ4n) is 1.61. The zero-order valence-electron chi connectivity index (χ0n) is 9.28. The Hall–Kier alpha value is -1.61. The third kappa shape index (κ3) is 1.86. The second-order valence-corrected chi connectivity index (χ2v) is 4.75. The Morgan fingerprint density at radius 1 is 1.19 bits per heavy atom. The van der Waals surface area contributed by atoms with E-state index in [0.717, 1.165) is 16.0 Å². The van der Waals surface area contributed by atoms with Gasteiger partial charge in [-0.2, -0.15) is 0 Å². The number of hydrogen-bond acceptors (Lipinski definition) is 3. The van der Waals surface area contributed by atoms with Crippen LogP contribution in [0.3, 0.4) is 0 Å². The molecule has 16 heavy (non-hydrogen) atoms. The summed E-state index contributed by atoms with van der Waals surface area (Å²) in [5.74, 6) is 0.0669. The number of carbonyl (C=O) groups excluding carboxylic acids is 1. The highest BCUT2D eigenvalue weighted by atomic mass is 32.1. The van der Waals surface area contributed by atoms with Crippen LogP contribution in [0.4, 0.5) is 5.69 Å². The molecule has 1 heterocycles. The molecule has 0 aliphatic carbocycles. The lowest BCUT2D eigenvalue weighted by atomic mass is 10.0. The van der Waals surface area contributed by atoms with Gasteiger partial charge in [0.15, 0.2) is 0 Å². The number of rotatable bonds is 2. The molecule has 0 aliphatic rings. The molecule has 0 spiro atoms. The van der Waals surface area contributed by atoms with Crippen LogP contribution in [0, 0.1) is 13.8 Å². The fourth-order valence-corrected chi connectivity index (χ4v) is 2.49. The van der Waals surface area contributed by atoms with Crippen molar-refractivity contribution in [3.8, 4) is 0 Å². The topological polar surface area (TPSA) is 43.1 Å². The third-order valence-electron chi connectivity index (χ3n) is 2.57. The molecule has 2 aromatic rings. The summed E-state index contributed by atoms with van der Waals surface area (Å²) in [4.78, 5) is 13.1. The SMILES string of the molecule is Cc1ccc(N)cc1C(=O)c1sccc1C. The molecule has 0 unspecified atom stereocenters. The van der Waals surface area contributed by atoms with Gasteiger partial charge in [0.2, 0.25) is 5.78 Å². The van der Waals surface area contributed by atoms with Crippen LogP contribution in [0.25, 0.3) is 0 Å². The second-order valence-electron chi connectivity index (χ2n) is 3.84. The van der Waals surface area contributed by atoms with Gasteiger partial charge in [-0.05, 0) is 48.6 Å². The monoisotopic (exact) mass is 231 g/mol. The molecule has 82 valence electrons. The highest BCUT2D eigenvalue weighted by Gasteiger charge is 2.15. The molecule has 0 atom stereocenters. The summed E-state index contributed by atoms with van der Waals surface area (Å²) < 4.78 is 0. The first-order chi connectivity index (χ1) is 7.59. The number of anilines is 1. The molecule has 0 bridgehead atoms. The van der Waals surface area contributed by atoms with Crippen molar-refractivity contribution in [2.45, 2.75) is 13.8 Å². The fraction of sp³-hybridized carbons (Fsp3) is 0.154. The molecule has 1 aromatic heterocycles. The molecular formula is C13H13NOS. The Morgan fingerprint density at radius 3 is 2.56 bits per heavy atom. The predicted octanol–water partition coefficient (Wildman–Crippen LogP) is 3.18. The number of thiophene rings is 1. The maximum Gasteiger partial charge on any atom is 0.203 e. The Labute approximate surface area is 98.7 Å². The number of hydrogen-bond donors (Lipinski definition) is 1. The number of benzene rings is 1. The Bertz CT molecular complexity index is 543. The van der Waals surface area contributed by atoms with Crippen LogP contribution < -0.4 is 5.73 Å². The van der Waals surface area contributed by atoms with Gasteiger partial charge >= 0.3 is 0 Å². The molecule has 0 saturated carbocycles. The van der Waals surface area contributed by atoms with Gasteiger partial charge in [0.25, 0.3) is 0 Å². The number of aryl methyl sites for hydroxylation is 2. The predicted molar refractivity (Wildman–Crippen MR) is 68.1 cm³/mol. The molecule has 0 fully saturated rings. The molecule has 1 aromatic carbocycles. The van der Waals surface area contributed by atoms with Gasteiger partial charge in [0.1, 0.15) is 0 Å². The zero-order valence-corrected chi connectivity index (χ0v) is 10.1. The largest absolute Gasteiger partial charge is 0.399 e. The van der Waals surface area contributed by atoms with Crippen molar-refractivity contribution in [2.75, 3.05) is 5.73 Å². The van der Waals surface area contributed by atoms with Crippen molar-refractivity contribution in [1.29, 1.82) is 0 Å². The van der Waals surface area contributed by atoms with Crippen molar-refractivity contribution in [3.63, 3.8) is 0 Å². The van der Waals surface area contributed by atoms with Gasteiger partial charge < -0.3 is 5.73 Å². The molecule has 0 aliphatic heterocycles. The van der Waals surface area contributed by atoms with E-state index in [1.54, 1.807) is 6.07 Å². The molecule has 0 radical (unpaired) electrons. The van der Waals surface area contributed by atoms with E-state index >= 15 is 0 Å². The highest BCUT2D eigenvalue weighted by Crippen LogP contribution is 2.23. The smallest absolute Gasteiger partial charge is 0.203 e. The van der Waals surface area contributed by atoms with Crippen molar-refractivity contribution in [3.05, 3.63) is 51.2 Å². The summed E-state index contributed by atoms with van der Waals surface area (Å²) in [6, 6.07) is 7.40. The van der Waals surface area contributed by atoms with Crippen molar-refractivity contribution in [2.24, 2.45) is 0 Å². The standard InChI is InChI=1S/C13H13NOS/c1-8-3-4-10(14)7-11(8)12(15)13-9(2)5-6-16-13/h3-7H,14H2,1-2H3. The molecule has 2 rings (SSSR count). The Kier molecular flexibility index (Phi) is 2.79. The van der Waals surface area contributed by atoms with E-state index in [-0.39, 0.29) is 5.78 Å². The quantitative estimate of drug-likeness (QED) is 0.637. The van der Waals surface area contributed by atoms with E-state index in [0.29, 0.717) is 11.3 Å². The van der Waals surface area contributed by atoms with E-state index in [2.05, 4.69) is 0 Å². The third-order valence-corrected chi connectivity index (χ3v) is 3.59. The van der Waals surface area contributed by atoms with E-state index in [1.165, 1.54) is 11.3 Å². The van der Waals surface area contributed by atoms with E-state index < -0.39 is 0 Å². The molecule has 3 heteroatoms. The van der Waals surface area contributed by atoms with Crippen LogP contribution in [-0.4, -0.2) is 5.78 Å². The van der Waals surface area contributed by atoms with Crippen LogP contribution >= 0.6 is 11.3 Å². The minimum atomic E-state index is 0.0669. The number of nitrogen functional groups attached to an aromatic ring is 1. The average molecular weight is 231 g/mol. The second kappa shape index (κ2) is 4.10. The summed E-state index contributed by atoms with van der Waals surface area (Å²) in [6.07, 6.45) is 0. The summed E-state index contributed by atoms with van der Waals surface area (Å²) >= 11 is 1.48. The van der Waals surface area contributed by atoms with Crippen molar-refractivity contribution < 1.29 is 4.79 Å². The molecule has 2 N–H and O–H groups in total. The Morgan fingerprint density at radius 2 is 1.94 bits per heavy atom. The lowest BCUT2D eigenvalue weighted by Gasteiger charge is -2.05. The number of ketones is 1. The minimum Gasteiger partial charge on any atom is -0.399 e. The van der Waals surface area contributed by atoms with Crippen molar-refractivity contribution in [1.82, 2.24) is 0 Å². The van der Waals surface area contributed by atoms with Crippen molar-refractivity contribution >= 4 is 22.8 Å². The van der Waals surface area contributed by atoms with Crippen LogP contribution in [0.15, 0.2) is 29.6 Å². The molecule has 0 amide bonds. The summed E-state index contributed by atoms with van der Waals surface area (Å²) in [7, 11) is 0. The van der Waals surface area contributed by atoms with Crippen LogP contribution in [0.1, 0.15) is 26.4 Å². The van der Waals surface area contributed by atoms with Crippen LogP contribution in [0.2, 0.25) is 0 Å². The summed E-state index contributed by atoms with van der Waals surface area (Å²) in [5, 5.41) is 1.93. The zero-order chi connectivity index (χ0) is 11.7. The van der Waals surface area contributed by atoms with Gasteiger partial charge in [0.05, 0.1) is 4.88 Å². The molecule has 2 nitrogen and oxygen atoms in total. The normalized spacial score (nSPS) is 10.4. The van der Waals surface area contributed by atoms with E-state index in [4.69, 9.17) is 5.73 Å². The van der Waals surface area contributed by atoms with Gasteiger partial charge in [0, 0.05) is 11.3 Å². The lowest BCUT2D eigenvalue weighted by Crippen LogP contribution is -2.04. The van der Waals surface area contributed by atoms with E-state index in [1.807, 2.05) is 37.4 Å². The maximum absolute atomic E-state index is 12.3. The van der Waals surface area contributed by atoms with Gasteiger partial charge in [-0.3, -0.25) is 4.79 Å². The van der Waals surface area contributed by atoms with Gasteiger partial charge in [-0.25, -0.2) is 0 Å². The van der Waals surface area contributed by atoms with Gasteiger partial charge in [-0.15, -0.1) is 11.3 Å². The van der Waals surface area contributed by atoms with Crippen LogP contribution in [0.5, 0.6) is 0 Å². The summed E-state index contributed by atoms with van der Waals surface area (Å²) in [6.45, 7) is 3.88. The lowest BCUT2D eigenvalue weighted by molar-refractivity contribution is 0.104. The average Bonchev–Trinajstić information content (AvgIpc) is 2.67. The van der Waals surface area contributed by atoms with Crippen LogP contribution in [-0.2, 0) is 0 Å². The number of nitrogens with two attached hydrogens (primary N) is 1. The minimum absolute atomic E-state index is 0.0669. The first-order valence-electron chi connectivity index (χ1n) is 5.04. The van der Waals surface area contributed by atoms with Gasteiger partial charge in [-0.1, -0.05) is 6.07 Å².